The molecule has 0 spiro atoms. The molecule has 0 atom stereocenters. The van der Waals surface area contributed by atoms with Gasteiger partial charge in [0.25, 0.3) is 5.91 Å². The topological polar surface area (TPSA) is 97.2 Å². The Morgan fingerprint density at radius 1 is 1.23 bits per heavy atom. The zero-order valence-electron chi connectivity index (χ0n) is 15.4. The highest BCUT2D eigenvalue weighted by Crippen LogP contribution is 2.20. The number of benzene rings is 1. The van der Waals surface area contributed by atoms with E-state index in [1.807, 2.05) is 13.0 Å². The van der Waals surface area contributed by atoms with Crippen molar-refractivity contribution in [3.8, 4) is 0 Å². The van der Waals surface area contributed by atoms with Crippen molar-refractivity contribution in [2.75, 3.05) is 39.3 Å². The van der Waals surface area contributed by atoms with Gasteiger partial charge in [0.2, 0.25) is 10.0 Å². The Hall–Kier alpha value is -1.97. The highest BCUT2D eigenvalue weighted by Gasteiger charge is 2.32. The molecule has 1 aromatic carbocycles. The normalized spacial score (nSPS) is 16.3. The molecule has 26 heavy (non-hydrogen) atoms. The van der Waals surface area contributed by atoms with E-state index in [2.05, 4.69) is 10.1 Å². The summed E-state index contributed by atoms with van der Waals surface area (Å²) < 4.78 is 31.8. The number of carbonyl (C=O) groups is 2. The molecule has 0 aliphatic carbocycles. The maximum Gasteiger partial charge on any atom is 0.414 e. The van der Waals surface area contributed by atoms with Crippen LogP contribution in [0.1, 0.15) is 18.1 Å². The molecule has 1 aliphatic heterocycles. The van der Waals surface area contributed by atoms with Crippen LogP contribution in [0.2, 0.25) is 0 Å². The van der Waals surface area contributed by atoms with Gasteiger partial charge < -0.3 is 9.64 Å². The average molecular weight is 384 g/mol. The van der Waals surface area contributed by atoms with Crippen molar-refractivity contribution in [1.29, 1.82) is 0 Å². The second-order valence-electron chi connectivity index (χ2n) is 6.37. The zero-order valence-corrected chi connectivity index (χ0v) is 16.2. The molecule has 0 saturated carbocycles. The number of sulfonamides is 1. The van der Waals surface area contributed by atoms with Crippen LogP contribution in [0.25, 0.3) is 0 Å². The third-order valence-corrected chi connectivity index (χ3v) is 6.36. The molecule has 1 saturated heterocycles. The fourth-order valence-corrected chi connectivity index (χ4v) is 4.65. The summed E-state index contributed by atoms with van der Waals surface area (Å²) in [4.78, 5) is 24.3. The Balaban J connectivity index is 1.93. The van der Waals surface area contributed by atoms with E-state index in [-0.39, 0.29) is 13.2 Å². The lowest BCUT2D eigenvalue weighted by Gasteiger charge is -2.31. The second-order valence-corrected chi connectivity index (χ2v) is 8.27. The number of quaternary nitrogens is 1. The van der Waals surface area contributed by atoms with E-state index in [0.717, 1.165) is 16.0 Å². The Morgan fingerprint density at radius 3 is 2.46 bits per heavy atom. The number of hydrogen-bond acceptors (Lipinski definition) is 5. The molecule has 2 N–H and O–H groups in total. The first kappa shape index (κ1) is 20.3. The summed E-state index contributed by atoms with van der Waals surface area (Å²) in [5.74, 6) is -0.427. The second kappa shape index (κ2) is 8.61. The van der Waals surface area contributed by atoms with E-state index >= 15 is 0 Å². The van der Waals surface area contributed by atoms with E-state index in [4.69, 9.17) is 0 Å². The summed E-state index contributed by atoms with van der Waals surface area (Å²) in [6.07, 6.45) is -0.757. The van der Waals surface area contributed by atoms with Gasteiger partial charge in [-0.25, -0.2) is 13.2 Å². The summed E-state index contributed by atoms with van der Waals surface area (Å²) in [5.41, 5.74) is 1.75. The van der Waals surface area contributed by atoms with Crippen molar-refractivity contribution in [2.24, 2.45) is 0 Å². The predicted molar refractivity (Wildman–Crippen MR) is 95.4 cm³/mol. The third kappa shape index (κ3) is 5.03. The minimum absolute atomic E-state index is 0.107. The summed E-state index contributed by atoms with van der Waals surface area (Å²) in [7, 11) is -3.54. The van der Waals surface area contributed by atoms with Crippen LogP contribution < -0.4 is 10.2 Å². The molecular weight excluding hydrogens is 358 g/mol. The molecule has 1 aliphatic rings. The van der Waals surface area contributed by atoms with Gasteiger partial charge in [0.15, 0.2) is 6.54 Å². The standard InChI is InChI=1S/C17H25N3O5S/c1-4-25-17(22)18-16(21)12-19-7-9-20(10-8-19)26(23,24)15-6-5-13(2)11-14(15)3/h5-6,11H,4,7-10,12H2,1-3H3,(H,18,21,22)/p+1. The molecule has 2 amide bonds. The lowest BCUT2D eigenvalue weighted by atomic mass is 10.2. The summed E-state index contributed by atoms with van der Waals surface area (Å²) in [6.45, 7) is 7.34. The number of hydrogen-bond donors (Lipinski definition) is 2. The Kier molecular flexibility index (Phi) is 6.74. The van der Waals surface area contributed by atoms with Crippen molar-refractivity contribution in [3.05, 3.63) is 29.3 Å². The maximum atomic E-state index is 12.8. The van der Waals surface area contributed by atoms with E-state index in [1.165, 1.54) is 4.31 Å². The highest BCUT2D eigenvalue weighted by atomic mass is 32.2. The average Bonchev–Trinajstić information content (AvgIpc) is 2.55. The van der Waals surface area contributed by atoms with Crippen molar-refractivity contribution in [3.63, 3.8) is 0 Å². The van der Waals surface area contributed by atoms with Crippen LogP contribution in [-0.4, -0.2) is 64.1 Å². The fourth-order valence-electron chi connectivity index (χ4n) is 3.00. The number of amides is 2. The van der Waals surface area contributed by atoms with Gasteiger partial charge >= 0.3 is 6.09 Å². The lowest BCUT2D eigenvalue weighted by molar-refractivity contribution is -0.895. The number of piperazine rings is 1. The molecule has 1 aromatic rings. The number of rotatable bonds is 5. The van der Waals surface area contributed by atoms with Gasteiger partial charge in [-0.15, -0.1) is 0 Å². The SMILES string of the molecule is CCOC(=O)NC(=O)C[NH+]1CCN(S(=O)(=O)c2ccc(C)cc2C)CC1. The summed E-state index contributed by atoms with van der Waals surface area (Å²) in [5, 5.41) is 2.16. The molecule has 0 unspecified atom stereocenters. The highest BCUT2D eigenvalue weighted by molar-refractivity contribution is 7.89. The van der Waals surface area contributed by atoms with Crippen LogP contribution in [0.5, 0.6) is 0 Å². The van der Waals surface area contributed by atoms with Gasteiger partial charge in [0.05, 0.1) is 37.7 Å². The molecule has 1 fully saturated rings. The quantitative estimate of drug-likeness (QED) is 0.711. The monoisotopic (exact) mass is 384 g/mol. The van der Waals surface area contributed by atoms with Gasteiger partial charge in [-0.2, -0.15) is 4.31 Å². The Labute approximate surface area is 154 Å². The number of carbonyl (C=O) groups excluding carboxylic acids is 2. The van der Waals surface area contributed by atoms with Crippen molar-refractivity contribution >= 4 is 22.0 Å². The first-order valence-corrected chi connectivity index (χ1v) is 10.1. The molecule has 144 valence electrons. The van der Waals surface area contributed by atoms with Gasteiger partial charge in [-0.3, -0.25) is 10.1 Å². The zero-order chi connectivity index (χ0) is 19.3. The van der Waals surface area contributed by atoms with Gasteiger partial charge in [-0.1, -0.05) is 17.7 Å². The number of nitrogens with one attached hydrogen (secondary N) is 2. The number of nitrogens with zero attached hydrogens (tertiary/aromatic N) is 1. The van der Waals surface area contributed by atoms with E-state index in [0.29, 0.717) is 31.1 Å². The summed E-state index contributed by atoms with van der Waals surface area (Å²) >= 11 is 0. The first-order chi connectivity index (χ1) is 12.2. The van der Waals surface area contributed by atoms with Crippen LogP contribution in [0.4, 0.5) is 4.79 Å². The van der Waals surface area contributed by atoms with Crippen molar-refractivity contribution in [1.82, 2.24) is 9.62 Å². The van der Waals surface area contributed by atoms with Crippen LogP contribution in [-0.2, 0) is 19.6 Å². The molecule has 0 aromatic heterocycles. The van der Waals surface area contributed by atoms with Crippen molar-refractivity contribution in [2.45, 2.75) is 25.7 Å². The lowest BCUT2D eigenvalue weighted by Crippen LogP contribution is -3.15. The van der Waals surface area contributed by atoms with Gasteiger partial charge in [0.1, 0.15) is 0 Å². The van der Waals surface area contributed by atoms with E-state index in [9.17, 15) is 18.0 Å². The smallest absolute Gasteiger partial charge is 0.414 e. The molecule has 0 radical (unpaired) electrons. The number of alkyl carbamates (subject to hydrolysis) is 1. The van der Waals surface area contributed by atoms with Gasteiger partial charge in [-0.05, 0) is 32.4 Å². The first-order valence-electron chi connectivity index (χ1n) is 8.61. The van der Waals surface area contributed by atoms with Crippen molar-refractivity contribution < 1.29 is 27.6 Å². The van der Waals surface area contributed by atoms with Crippen LogP contribution >= 0.6 is 0 Å². The molecule has 1 heterocycles. The molecular formula is C17H26N3O5S+. The minimum atomic E-state index is -3.54. The Morgan fingerprint density at radius 2 is 1.88 bits per heavy atom. The number of aryl methyl sites for hydroxylation is 2. The fraction of sp³-hybridized carbons (Fsp3) is 0.529. The molecule has 2 rings (SSSR count). The maximum absolute atomic E-state index is 12.8. The largest absolute Gasteiger partial charge is 0.450 e. The van der Waals surface area contributed by atoms with Crippen LogP contribution in [0.15, 0.2) is 23.1 Å². The Bertz CT molecular complexity index is 771. The minimum Gasteiger partial charge on any atom is -0.450 e. The number of ether oxygens (including phenoxy) is 1. The molecule has 8 nitrogen and oxygen atoms in total. The third-order valence-electron chi connectivity index (χ3n) is 4.31. The van der Waals surface area contributed by atoms with Gasteiger partial charge in [0, 0.05) is 0 Å². The molecule has 9 heteroatoms. The number of imide groups is 1. The van der Waals surface area contributed by atoms with Crippen LogP contribution in [0.3, 0.4) is 0 Å². The molecule has 0 bridgehead atoms. The van der Waals surface area contributed by atoms with E-state index < -0.39 is 22.0 Å². The summed E-state index contributed by atoms with van der Waals surface area (Å²) in [6, 6.07) is 5.29. The van der Waals surface area contributed by atoms with Crippen LogP contribution in [0, 0.1) is 13.8 Å². The van der Waals surface area contributed by atoms with E-state index in [1.54, 1.807) is 26.0 Å². The predicted octanol–water partition coefficient (Wildman–Crippen LogP) is -0.535.